The molecular formula is C16H16F3NO. The summed E-state index contributed by atoms with van der Waals surface area (Å²) in [6.07, 6.45) is -0.517. The number of halogens is 3. The number of aromatic nitrogens is 1. The summed E-state index contributed by atoms with van der Waals surface area (Å²) in [5.74, 6) is 1.32. The van der Waals surface area contributed by atoms with Crippen LogP contribution in [0.15, 0.2) is 30.5 Å². The maximum Gasteiger partial charge on any atom is 0.422 e. The fraction of sp³-hybridized carbons (Fsp3) is 0.438. The lowest BCUT2D eigenvalue weighted by atomic mass is 10.0. The van der Waals surface area contributed by atoms with Gasteiger partial charge in [-0.15, -0.1) is 0 Å². The van der Waals surface area contributed by atoms with Crippen molar-refractivity contribution in [2.45, 2.75) is 31.9 Å². The Morgan fingerprint density at radius 1 is 1.33 bits per heavy atom. The number of alkyl halides is 3. The maximum absolute atomic E-state index is 12.4. The van der Waals surface area contributed by atoms with Gasteiger partial charge in [-0.3, -0.25) is 4.98 Å². The van der Waals surface area contributed by atoms with Crippen molar-refractivity contribution in [3.05, 3.63) is 36.0 Å². The molecule has 1 aromatic heterocycles. The van der Waals surface area contributed by atoms with Crippen LogP contribution in [0.2, 0.25) is 0 Å². The number of rotatable bonds is 4. The molecule has 0 aliphatic heterocycles. The van der Waals surface area contributed by atoms with E-state index in [1.54, 1.807) is 24.4 Å². The molecule has 3 rings (SSSR count). The molecule has 0 amide bonds. The molecule has 2 aromatic rings. The number of pyridine rings is 1. The standard InChI is InChI=1S/C16H16F3NO/c1-2-10-6-13(10)11-7-14-12(4-3-5-20-14)15(8-11)21-9-16(17,18)19/h3-5,7-8,10,13H,2,6,9H2,1H3/t10-,13-/m0/s1. The maximum atomic E-state index is 12.4. The second kappa shape index (κ2) is 5.20. The number of benzene rings is 1. The molecule has 0 unspecified atom stereocenters. The van der Waals surface area contributed by atoms with Crippen molar-refractivity contribution >= 4 is 10.9 Å². The van der Waals surface area contributed by atoms with Crippen LogP contribution in [0.1, 0.15) is 31.2 Å². The topological polar surface area (TPSA) is 22.1 Å². The number of hydrogen-bond acceptors (Lipinski definition) is 2. The van der Waals surface area contributed by atoms with Crippen LogP contribution in [0.4, 0.5) is 13.2 Å². The average molecular weight is 295 g/mol. The third kappa shape index (κ3) is 3.12. The summed E-state index contributed by atoms with van der Waals surface area (Å²) in [5, 5.41) is 0.624. The first-order chi connectivity index (χ1) is 9.98. The summed E-state index contributed by atoms with van der Waals surface area (Å²) in [7, 11) is 0. The SMILES string of the molecule is CC[C@H]1C[C@@H]1c1cc(OCC(F)(F)F)c2cccnc2c1. The van der Waals surface area contributed by atoms with E-state index in [1.165, 1.54) is 0 Å². The van der Waals surface area contributed by atoms with Crippen LogP contribution >= 0.6 is 0 Å². The first-order valence-corrected chi connectivity index (χ1v) is 7.06. The van der Waals surface area contributed by atoms with E-state index in [2.05, 4.69) is 11.9 Å². The molecule has 21 heavy (non-hydrogen) atoms. The van der Waals surface area contributed by atoms with Gasteiger partial charge in [-0.25, -0.2) is 0 Å². The molecule has 0 saturated heterocycles. The molecule has 1 saturated carbocycles. The van der Waals surface area contributed by atoms with E-state index in [1.807, 2.05) is 6.07 Å². The third-order valence-corrected chi connectivity index (χ3v) is 3.97. The average Bonchev–Trinajstić information content (AvgIpc) is 3.23. The van der Waals surface area contributed by atoms with Crippen LogP contribution in [0.25, 0.3) is 10.9 Å². The number of fused-ring (bicyclic) bond motifs is 1. The molecule has 1 heterocycles. The van der Waals surface area contributed by atoms with Gasteiger partial charge < -0.3 is 4.74 Å². The fourth-order valence-electron chi connectivity index (χ4n) is 2.77. The van der Waals surface area contributed by atoms with Crippen molar-refractivity contribution in [1.82, 2.24) is 4.98 Å². The van der Waals surface area contributed by atoms with Gasteiger partial charge >= 0.3 is 6.18 Å². The van der Waals surface area contributed by atoms with Gasteiger partial charge in [0.1, 0.15) is 5.75 Å². The minimum atomic E-state index is -4.34. The Bertz CT molecular complexity index is 654. The Hall–Kier alpha value is -1.78. The molecule has 5 heteroatoms. The van der Waals surface area contributed by atoms with Gasteiger partial charge in [0, 0.05) is 11.6 Å². The van der Waals surface area contributed by atoms with Gasteiger partial charge in [-0.05, 0) is 48.1 Å². The van der Waals surface area contributed by atoms with Gasteiger partial charge in [0.15, 0.2) is 6.61 Å². The normalized spacial score (nSPS) is 21.5. The molecule has 2 atom stereocenters. The molecule has 1 aliphatic carbocycles. The van der Waals surface area contributed by atoms with Crippen molar-refractivity contribution in [2.75, 3.05) is 6.61 Å². The highest BCUT2D eigenvalue weighted by Crippen LogP contribution is 2.50. The summed E-state index contributed by atoms with van der Waals surface area (Å²) in [6.45, 7) is 0.855. The smallest absolute Gasteiger partial charge is 0.422 e. The van der Waals surface area contributed by atoms with Crippen LogP contribution in [0.3, 0.4) is 0 Å². The van der Waals surface area contributed by atoms with Crippen molar-refractivity contribution in [1.29, 1.82) is 0 Å². The third-order valence-electron chi connectivity index (χ3n) is 3.97. The summed E-state index contributed by atoms with van der Waals surface area (Å²) in [4.78, 5) is 4.25. The quantitative estimate of drug-likeness (QED) is 0.816. The fourth-order valence-corrected chi connectivity index (χ4v) is 2.77. The van der Waals surface area contributed by atoms with Crippen LogP contribution in [-0.4, -0.2) is 17.8 Å². The number of hydrogen-bond donors (Lipinski definition) is 0. The van der Waals surface area contributed by atoms with Gasteiger partial charge in [-0.2, -0.15) is 13.2 Å². The lowest BCUT2D eigenvalue weighted by Gasteiger charge is -2.13. The summed E-state index contributed by atoms with van der Waals surface area (Å²) < 4.78 is 42.2. The van der Waals surface area contributed by atoms with Crippen molar-refractivity contribution in [2.24, 2.45) is 5.92 Å². The molecule has 1 fully saturated rings. The van der Waals surface area contributed by atoms with E-state index in [9.17, 15) is 13.2 Å². The highest BCUT2D eigenvalue weighted by Gasteiger charge is 2.37. The first-order valence-electron chi connectivity index (χ1n) is 7.06. The summed E-state index contributed by atoms with van der Waals surface area (Å²) in [5.41, 5.74) is 1.72. The Morgan fingerprint density at radius 2 is 2.14 bits per heavy atom. The molecule has 0 bridgehead atoms. The number of nitrogens with zero attached hydrogens (tertiary/aromatic N) is 1. The first kappa shape index (κ1) is 14.2. The van der Waals surface area contributed by atoms with Crippen molar-refractivity contribution < 1.29 is 17.9 Å². The highest BCUT2D eigenvalue weighted by atomic mass is 19.4. The summed E-state index contributed by atoms with van der Waals surface area (Å²) >= 11 is 0. The molecule has 2 nitrogen and oxygen atoms in total. The molecule has 0 spiro atoms. The minimum Gasteiger partial charge on any atom is -0.483 e. The molecule has 0 N–H and O–H groups in total. The highest BCUT2D eigenvalue weighted by molar-refractivity contribution is 5.86. The molecule has 112 valence electrons. The van der Waals surface area contributed by atoms with Crippen LogP contribution in [0, 0.1) is 5.92 Å². The van der Waals surface area contributed by atoms with Crippen LogP contribution in [0.5, 0.6) is 5.75 Å². The monoisotopic (exact) mass is 295 g/mol. The van der Waals surface area contributed by atoms with E-state index >= 15 is 0 Å². The van der Waals surface area contributed by atoms with Crippen molar-refractivity contribution in [3.8, 4) is 5.75 Å². The van der Waals surface area contributed by atoms with Gasteiger partial charge in [-0.1, -0.05) is 13.3 Å². The zero-order valence-electron chi connectivity index (χ0n) is 11.7. The van der Waals surface area contributed by atoms with E-state index in [4.69, 9.17) is 4.74 Å². The lowest BCUT2D eigenvalue weighted by molar-refractivity contribution is -0.153. The molecule has 1 aliphatic rings. The Labute approximate surface area is 120 Å². The second-order valence-corrected chi connectivity index (χ2v) is 5.50. The van der Waals surface area contributed by atoms with Gasteiger partial charge in [0.25, 0.3) is 0 Å². The molecule has 1 aromatic carbocycles. The minimum absolute atomic E-state index is 0.273. The van der Waals surface area contributed by atoms with Crippen LogP contribution in [-0.2, 0) is 0 Å². The molecule has 0 radical (unpaired) electrons. The zero-order valence-corrected chi connectivity index (χ0v) is 11.7. The zero-order chi connectivity index (χ0) is 15.0. The van der Waals surface area contributed by atoms with E-state index in [-0.39, 0.29) is 5.75 Å². The van der Waals surface area contributed by atoms with Crippen LogP contribution < -0.4 is 4.74 Å². The van der Waals surface area contributed by atoms with Gasteiger partial charge in [0.05, 0.1) is 5.52 Å². The summed E-state index contributed by atoms with van der Waals surface area (Å²) in [6, 6.07) is 7.16. The number of ether oxygens (including phenoxy) is 1. The van der Waals surface area contributed by atoms with Gasteiger partial charge in [0.2, 0.25) is 0 Å². The van der Waals surface area contributed by atoms with E-state index < -0.39 is 12.8 Å². The van der Waals surface area contributed by atoms with E-state index in [0.717, 1.165) is 18.4 Å². The van der Waals surface area contributed by atoms with Crippen molar-refractivity contribution in [3.63, 3.8) is 0 Å². The Kier molecular flexibility index (Phi) is 3.51. The lowest BCUT2D eigenvalue weighted by Crippen LogP contribution is -2.19. The molecular weight excluding hydrogens is 279 g/mol. The Balaban J connectivity index is 1.96. The predicted molar refractivity (Wildman–Crippen MR) is 74.4 cm³/mol. The van der Waals surface area contributed by atoms with E-state index in [0.29, 0.717) is 22.7 Å². The largest absolute Gasteiger partial charge is 0.483 e. The second-order valence-electron chi connectivity index (χ2n) is 5.50. The predicted octanol–water partition coefficient (Wildman–Crippen LogP) is 4.69. The Morgan fingerprint density at radius 3 is 2.81 bits per heavy atom.